The van der Waals surface area contributed by atoms with Crippen LogP contribution in [0.25, 0.3) is 22.8 Å². The molecule has 398 valence electrons. The molecular formula is C51H52F8N10O6. The van der Waals surface area contributed by atoms with Crippen LogP contribution < -0.4 is 9.47 Å². The smallest absolute Gasteiger partial charge is 0.381 e. The van der Waals surface area contributed by atoms with Gasteiger partial charge in [-0.1, -0.05) is 95.8 Å². The number of tetrazole rings is 1. The Balaban J connectivity index is 0.000000311. The predicted octanol–water partition coefficient (Wildman–Crippen LogP) is 11.5. The van der Waals surface area contributed by atoms with Crippen molar-refractivity contribution in [3.63, 3.8) is 0 Å². The topological polar surface area (TPSA) is 207 Å². The average molecular weight is 1050 g/mol. The van der Waals surface area contributed by atoms with E-state index in [9.17, 15) is 44.7 Å². The fourth-order valence-electron chi connectivity index (χ4n) is 5.94. The van der Waals surface area contributed by atoms with Gasteiger partial charge in [0.05, 0.1) is 24.3 Å². The normalized spacial score (nSPS) is 11.3. The van der Waals surface area contributed by atoms with Crippen LogP contribution in [0.1, 0.15) is 83.4 Å². The molecule has 16 nitrogen and oxygen atoms in total. The molecule has 0 saturated carbocycles. The highest BCUT2D eigenvalue weighted by atomic mass is 19.3. The van der Waals surface area contributed by atoms with Gasteiger partial charge in [0.15, 0.2) is 0 Å². The summed E-state index contributed by atoms with van der Waals surface area (Å²) < 4.78 is 123. The van der Waals surface area contributed by atoms with Gasteiger partial charge in [0, 0.05) is 50.8 Å². The number of alkyl halides is 6. The van der Waals surface area contributed by atoms with Crippen LogP contribution in [0.15, 0.2) is 138 Å². The minimum Gasteiger partial charge on any atom is -0.493 e. The van der Waals surface area contributed by atoms with E-state index in [1.165, 1.54) is 36.7 Å². The van der Waals surface area contributed by atoms with Gasteiger partial charge in [-0.05, 0) is 64.9 Å². The number of hydrogen-bond acceptors (Lipinski definition) is 15. The molecule has 0 bridgehead atoms. The molecule has 0 aliphatic carbocycles. The molecule has 4 heterocycles. The van der Waals surface area contributed by atoms with E-state index in [-0.39, 0.29) is 36.8 Å². The molecule has 4 aromatic carbocycles. The Morgan fingerprint density at radius 2 is 1.01 bits per heavy atom. The van der Waals surface area contributed by atoms with E-state index in [4.69, 9.17) is 15.3 Å². The van der Waals surface area contributed by atoms with Gasteiger partial charge in [-0.25, -0.2) is 38.3 Å². The summed E-state index contributed by atoms with van der Waals surface area (Å²) in [7, 11) is 0. The number of rotatable bonds is 17. The van der Waals surface area contributed by atoms with Crippen LogP contribution in [-0.2, 0) is 27.2 Å². The number of benzene rings is 4. The number of esters is 2. The van der Waals surface area contributed by atoms with Crippen molar-refractivity contribution in [2.75, 3.05) is 13.2 Å². The number of carbonyl (C=O) groups is 2. The van der Waals surface area contributed by atoms with E-state index in [1.807, 2.05) is 74.5 Å². The third-order valence-electron chi connectivity index (χ3n) is 9.38. The molecule has 0 aliphatic heterocycles. The number of aromatic nitrogens is 10. The van der Waals surface area contributed by atoms with Crippen molar-refractivity contribution >= 4 is 11.9 Å². The number of hydrogen-bond donors (Lipinski definition) is 1. The number of carbonyl (C=O) groups excluding carboxylic acids is 2. The van der Waals surface area contributed by atoms with Crippen molar-refractivity contribution in [3.05, 3.63) is 174 Å². The summed E-state index contributed by atoms with van der Waals surface area (Å²) in [5, 5.41) is 20.6. The highest BCUT2D eigenvalue weighted by molar-refractivity contribution is 5.88. The molecule has 0 aliphatic rings. The van der Waals surface area contributed by atoms with Gasteiger partial charge in [0.2, 0.25) is 5.82 Å². The second-order valence-corrected chi connectivity index (χ2v) is 14.3. The van der Waals surface area contributed by atoms with Gasteiger partial charge in [-0.2, -0.15) is 31.6 Å². The zero-order valence-electron chi connectivity index (χ0n) is 40.6. The molecule has 4 aromatic heterocycles. The van der Waals surface area contributed by atoms with Gasteiger partial charge in [0.25, 0.3) is 11.8 Å². The van der Waals surface area contributed by atoms with Gasteiger partial charge >= 0.3 is 31.2 Å². The van der Waals surface area contributed by atoms with Crippen LogP contribution in [0.4, 0.5) is 35.1 Å². The molecule has 8 aromatic rings. The summed E-state index contributed by atoms with van der Waals surface area (Å²) in [6.07, 6.45) is -2.83. The molecule has 8 rings (SSSR count). The molecule has 0 amide bonds. The molecule has 1 N–H and O–H groups in total. The third kappa shape index (κ3) is 20.5. The van der Waals surface area contributed by atoms with Crippen LogP contribution in [0, 0.1) is 11.6 Å². The number of halogens is 8. The van der Waals surface area contributed by atoms with E-state index in [0.717, 1.165) is 22.6 Å². The maximum absolute atomic E-state index is 13.4. The number of nitrogens with one attached hydrogen (secondary N) is 1. The first-order valence-electron chi connectivity index (χ1n) is 22.9. The van der Waals surface area contributed by atoms with Crippen LogP contribution in [0.2, 0.25) is 0 Å². The monoisotopic (exact) mass is 1050 g/mol. The lowest BCUT2D eigenvalue weighted by Crippen LogP contribution is -2.23. The minimum absolute atomic E-state index is 0. The second-order valence-electron chi connectivity index (χ2n) is 14.3. The van der Waals surface area contributed by atoms with Crippen molar-refractivity contribution in [3.8, 4) is 34.3 Å². The molecular weight excluding hydrogens is 1000 g/mol. The zero-order chi connectivity index (χ0) is 54.5. The Bertz CT molecular complexity index is 2810. The molecule has 0 radical (unpaired) electrons. The molecule has 0 saturated heterocycles. The predicted molar refractivity (Wildman–Crippen MR) is 258 cm³/mol. The third-order valence-corrected chi connectivity index (χ3v) is 9.38. The summed E-state index contributed by atoms with van der Waals surface area (Å²) >= 11 is 0. The van der Waals surface area contributed by atoms with Gasteiger partial charge in [-0.15, -0.1) is 20.4 Å². The van der Waals surface area contributed by atoms with Crippen LogP contribution in [0.5, 0.6) is 11.5 Å². The summed E-state index contributed by atoms with van der Waals surface area (Å²) in [5.74, 6) is -3.04. The first kappa shape index (κ1) is 59.0. The van der Waals surface area contributed by atoms with E-state index < -0.39 is 37.1 Å². The van der Waals surface area contributed by atoms with Crippen LogP contribution in [0.3, 0.4) is 0 Å². The first-order chi connectivity index (χ1) is 36.2. The highest BCUT2D eigenvalue weighted by Gasteiger charge is 2.26. The summed E-state index contributed by atoms with van der Waals surface area (Å²) in [6, 6.07) is 31.5. The summed E-state index contributed by atoms with van der Waals surface area (Å²) in [5.41, 5.74) is 2.85. The van der Waals surface area contributed by atoms with E-state index >= 15 is 0 Å². The number of aromatic amines is 1. The fourth-order valence-corrected chi connectivity index (χ4v) is 5.94. The van der Waals surface area contributed by atoms with Crippen molar-refractivity contribution < 1.29 is 64.7 Å². The second kappa shape index (κ2) is 32.5. The Hall–Kier alpha value is -8.57. The Kier molecular flexibility index (Phi) is 25.6. The first-order valence-corrected chi connectivity index (χ1v) is 22.2. The van der Waals surface area contributed by atoms with Crippen LogP contribution in [-0.4, -0.2) is 88.8 Å². The number of para-hydroxylation sites is 2. The van der Waals surface area contributed by atoms with Gasteiger partial charge in [0.1, 0.15) is 34.8 Å². The molecule has 2 atom stereocenters. The molecule has 75 heavy (non-hydrogen) atoms. The molecule has 24 heteroatoms. The SMILES string of the molecule is C.CC.Fc1ccc(C(COc2ccccc2)Cc2ncc(-c3nn[nH]n3)cn2)cc1.Fc1ccc(C(COc2ccccc2)Cc2ncc(-c3nnc(C(F)F)o3)cn2)cc1.O=C(OC(=O)C(F)F)C(F)F.[2H]CC. The largest absolute Gasteiger partial charge is 0.493 e. The lowest BCUT2D eigenvalue weighted by atomic mass is 9.96. The fraction of sp³-hybridized carbons (Fsp3) is 0.275. The van der Waals surface area contributed by atoms with E-state index in [2.05, 4.69) is 55.5 Å². The lowest BCUT2D eigenvalue weighted by Gasteiger charge is -2.18. The molecule has 0 fully saturated rings. The van der Waals surface area contributed by atoms with Crippen molar-refractivity contribution in [2.45, 2.75) is 79.1 Å². The lowest BCUT2D eigenvalue weighted by molar-refractivity contribution is -0.174. The average Bonchev–Trinajstić information content (AvgIpc) is 4.16. The summed E-state index contributed by atoms with van der Waals surface area (Å²) in [6.45, 7) is 7.05. The van der Waals surface area contributed by atoms with Crippen molar-refractivity contribution in [1.82, 2.24) is 50.8 Å². The maximum Gasteiger partial charge on any atom is 0.381 e. The number of nitrogens with zero attached hydrogens (tertiary/aromatic N) is 9. The molecule has 0 spiro atoms. The molecule has 2 unspecified atom stereocenters. The number of ether oxygens (including phenoxy) is 3. The minimum atomic E-state index is -3.57. The van der Waals surface area contributed by atoms with Gasteiger partial charge < -0.3 is 18.6 Å². The Morgan fingerprint density at radius 1 is 0.600 bits per heavy atom. The van der Waals surface area contributed by atoms with E-state index in [1.54, 1.807) is 43.6 Å². The Morgan fingerprint density at radius 3 is 1.37 bits per heavy atom. The summed E-state index contributed by atoms with van der Waals surface area (Å²) in [4.78, 5) is 36.9. The van der Waals surface area contributed by atoms with Crippen LogP contribution >= 0.6 is 0 Å². The standard InChI is InChI=1S/C22H17F3N4O2.C20H17FN6O.C4H2F4O3.2C2H6.CH4/c23-17-8-6-14(7-9-17)15(13-30-18-4-2-1-3-5-18)10-19-26-11-16(12-27-19)21-28-29-22(31-21)20(24)25;21-17-8-6-14(7-9-17)15(13-28-18-4-2-1-3-5-18)10-19-22-11-16(12-23-19)20-24-26-27-25-20;5-1(6)3(9)11-4(10)2(7)8;2*1-2;/h1-9,11-12,15,20H,10,13H2;1-9,11-12,15H,10,13H2,(H,24,25,26,27);1-2H;2*1-2H3;1H4/i;;;1D;;. The quantitative estimate of drug-likeness (QED) is 0.0511. The van der Waals surface area contributed by atoms with Gasteiger partial charge in [-0.3, -0.25) is 0 Å². The highest BCUT2D eigenvalue weighted by Crippen LogP contribution is 2.26. The van der Waals surface area contributed by atoms with E-state index in [0.29, 0.717) is 61.6 Å². The Labute approximate surface area is 427 Å². The van der Waals surface area contributed by atoms with Crippen molar-refractivity contribution in [1.29, 1.82) is 0 Å². The zero-order valence-corrected chi connectivity index (χ0v) is 39.6. The maximum atomic E-state index is 13.4. The number of H-pyrrole nitrogens is 1. The van der Waals surface area contributed by atoms with Crippen molar-refractivity contribution in [2.24, 2.45) is 0 Å².